The number of aromatic nitrogens is 1. The summed E-state index contributed by atoms with van der Waals surface area (Å²) in [5, 5.41) is 0. The zero-order valence-corrected chi connectivity index (χ0v) is 19.6. The topological polar surface area (TPSA) is 66.0 Å². The molecule has 10 heteroatoms. The van der Waals surface area contributed by atoms with E-state index in [-0.39, 0.29) is 17.7 Å². The van der Waals surface area contributed by atoms with Gasteiger partial charge in [-0.1, -0.05) is 6.07 Å². The molecule has 2 aliphatic rings. The number of carbonyl (C=O) groups excluding carboxylic acids is 2. The fraction of sp³-hybridized carbons (Fsp3) is 0.480. The molecule has 7 nitrogen and oxygen atoms in total. The van der Waals surface area contributed by atoms with E-state index < -0.39 is 11.8 Å². The molecular weight excluding hydrogens is 461 g/mol. The van der Waals surface area contributed by atoms with Gasteiger partial charge in [0.15, 0.2) is 0 Å². The monoisotopic (exact) mass is 490 g/mol. The van der Waals surface area contributed by atoms with Crippen molar-refractivity contribution in [3.63, 3.8) is 0 Å². The van der Waals surface area contributed by atoms with Crippen molar-refractivity contribution in [2.75, 3.05) is 37.6 Å². The van der Waals surface area contributed by atoms with Crippen molar-refractivity contribution in [3.8, 4) is 5.75 Å². The first-order chi connectivity index (χ1) is 16.7. The van der Waals surface area contributed by atoms with E-state index in [2.05, 4.69) is 9.72 Å². The molecule has 3 amide bonds. The van der Waals surface area contributed by atoms with Gasteiger partial charge >= 0.3 is 12.4 Å². The van der Waals surface area contributed by atoms with Crippen molar-refractivity contribution in [2.45, 2.75) is 39.0 Å². The Labute approximate surface area is 202 Å². The number of urea groups is 1. The van der Waals surface area contributed by atoms with E-state index in [0.717, 1.165) is 5.69 Å². The Morgan fingerprint density at radius 3 is 2.37 bits per heavy atom. The highest BCUT2D eigenvalue weighted by Gasteiger charge is 2.49. The number of pyridine rings is 1. The Bertz CT molecular complexity index is 1020. The molecular formula is C25H29F3N4O3. The molecule has 1 spiro atoms. The third-order valence-electron chi connectivity index (χ3n) is 6.90. The maximum Gasteiger partial charge on any atom is 0.573 e. The van der Waals surface area contributed by atoms with Crippen LogP contribution in [0.25, 0.3) is 0 Å². The number of ether oxygens (including phenoxy) is 1. The van der Waals surface area contributed by atoms with Crippen LogP contribution in [0.4, 0.5) is 23.7 Å². The Morgan fingerprint density at radius 2 is 1.77 bits per heavy atom. The van der Waals surface area contributed by atoms with Gasteiger partial charge < -0.3 is 19.4 Å². The van der Waals surface area contributed by atoms with Crippen LogP contribution in [0.3, 0.4) is 0 Å². The minimum Gasteiger partial charge on any atom is -0.406 e. The molecule has 0 bridgehead atoms. The zero-order valence-electron chi connectivity index (χ0n) is 19.6. The van der Waals surface area contributed by atoms with Crippen molar-refractivity contribution >= 4 is 17.6 Å². The van der Waals surface area contributed by atoms with Gasteiger partial charge in [0.05, 0.1) is 5.41 Å². The molecule has 2 saturated heterocycles. The summed E-state index contributed by atoms with van der Waals surface area (Å²) < 4.78 is 41.1. The summed E-state index contributed by atoms with van der Waals surface area (Å²) in [5.74, 6) is -0.352. The van der Waals surface area contributed by atoms with Crippen LogP contribution in [-0.4, -0.2) is 65.8 Å². The van der Waals surface area contributed by atoms with E-state index in [9.17, 15) is 22.8 Å². The molecule has 0 unspecified atom stereocenters. The molecule has 1 aromatic carbocycles. The molecule has 2 aromatic rings. The number of benzene rings is 1. The van der Waals surface area contributed by atoms with Crippen molar-refractivity contribution in [1.82, 2.24) is 14.8 Å². The van der Waals surface area contributed by atoms with Gasteiger partial charge in [0.2, 0.25) is 5.91 Å². The summed E-state index contributed by atoms with van der Waals surface area (Å²) in [7, 11) is 0. The highest BCUT2D eigenvalue weighted by molar-refractivity contribution is 6.00. The third-order valence-corrected chi connectivity index (χ3v) is 6.90. The molecule has 0 N–H and O–H groups in total. The summed E-state index contributed by atoms with van der Waals surface area (Å²) in [6, 6.07) is 11.1. The van der Waals surface area contributed by atoms with E-state index >= 15 is 0 Å². The van der Waals surface area contributed by atoms with Crippen LogP contribution < -0.4 is 9.64 Å². The second kappa shape index (κ2) is 10.1. The van der Waals surface area contributed by atoms with Crippen LogP contribution in [0.15, 0.2) is 48.7 Å². The van der Waals surface area contributed by atoms with Crippen LogP contribution >= 0.6 is 0 Å². The first-order valence-electron chi connectivity index (χ1n) is 11.8. The van der Waals surface area contributed by atoms with Crippen LogP contribution in [0.1, 0.15) is 31.9 Å². The number of amides is 3. The van der Waals surface area contributed by atoms with E-state index in [1.54, 1.807) is 16.0 Å². The van der Waals surface area contributed by atoms with Gasteiger partial charge in [-0.15, -0.1) is 13.2 Å². The van der Waals surface area contributed by atoms with Crippen LogP contribution in [-0.2, 0) is 11.2 Å². The lowest BCUT2D eigenvalue weighted by Gasteiger charge is -2.39. The lowest BCUT2D eigenvalue weighted by molar-refractivity contribution is -0.274. The maximum atomic E-state index is 13.3. The molecule has 0 aliphatic carbocycles. The van der Waals surface area contributed by atoms with Crippen molar-refractivity contribution in [1.29, 1.82) is 0 Å². The zero-order chi connectivity index (χ0) is 25.1. The Balaban J connectivity index is 1.33. The molecule has 4 rings (SSSR count). The first kappa shape index (κ1) is 24.8. The molecule has 1 aromatic heterocycles. The number of piperidine rings is 1. The summed E-state index contributed by atoms with van der Waals surface area (Å²) in [4.78, 5) is 36.0. The molecule has 35 heavy (non-hydrogen) atoms. The molecule has 0 radical (unpaired) electrons. The number of likely N-dealkylation sites (tertiary alicyclic amines) is 1. The normalized spacial score (nSPS) is 17.7. The van der Waals surface area contributed by atoms with Crippen molar-refractivity contribution < 1.29 is 27.5 Å². The minimum atomic E-state index is -4.76. The summed E-state index contributed by atoms with van der Waals surface area (Å²) in [6.07, 6.45) is -0.539. The molecule has 2 fully saturated rings. The van der Waals surface area contributed by atoms with Gasteiger partial charge in [0.25, 0.3) is 0 Å². The molecule has 3 heterocycles. The number of anilines is 1. The number of alkyl halides is 3. The third kappa shape index (κ3) is 5.68. The maximum absolute atomic E-state index is 13.3. The van der Waals surface area contributed by atoms with Crippen LogP contribution in [0.2, 0.25) is 0 Å². The van der Waals surface area contributed by atoms with Crippen LogP contribution in [0, 0.1) is 5.41 Å². The number of rotatable bonds is 6. The second-order valence-corrected chi connectivity index (χ2v) is 8.95. The van der Waals surface area contributed by atoms with Gasteiger partial charge in [-0.2, -0.15) is 0 Å². The van der Waals surface area contributed by atoms with E-state index in [1.165, 1.54) is 24.3 Å². The Morgan fingerprint density at radius 1 is 1.09 bits per heavy atom. The first-order valence-corrected chi connectivity index (χ1v) is 11.8. The Hall–Kier alpha value is -3.30. The summed E-state index contributed by atoms with van der Waals surface area (Å²) >= 11 is 0. The summed E-state index contributed by atoms with van der Waals surface area (Å²) in [6.45, 7) is 4.61. The number of likely N-dealkylation sites (N-methyl/N-ethyl adjacent to an activating group) is 1. The van der Waals surface area contributed by atoms with Gasteiger partial charge in [-0.3, -0.25) is 9.78 Å². The predicted octanol–water partition coefficient (Wildman–Crippen LogP) is 4.48. The number of hydrogen-bond donors (Lipinski definition) is 0. The highest BCUT2D eigenvalue weighted by atomic mass is 19.4. The lowest BCUT2D eigenvalue weighted by atomic mass is 9.77. The largest absolute Gasteiger partial charge is 0.573 e. The van der Waals surface area contributed by atoms with Crippen molar-refractivity contribution in [2.24, 2.45) is 5.41 Å². The number of carbonyl (C=O) groups is 2. The highest BCUT2D eigenvalue weighted by Crippen LogP contribution is 2.43. The number of hydrogen-bond acceptors (Lipinski definition) is 4. The SMILES string of the molecule is CCN(CCc1ccccn1)C(=O)N1CCC2(CC1)CCN(c1ccc(OC(F)(F)F)cc1)C2=O. The Kier molecular flexibility index (Phi) is 7.18. The lowest BCUT2D eigenvalue weighted by Crippen LogP contribution is -2.51. The summed E-state index contributed by atoms with van der Waals surface area (Å²) in [5.41, 5.74) is 0.945. The standard InChI is InChI=1S/C25H29F3N4O3/c1-2-30(15-10-19-5-3-4-14-29-19)23(34)31-16-11-24(12-17-31)13-18-32(22(24)33)20-6-8-21(9-7-20)35-25(26,27)28/h3-9,14H,2,10-13,15-18H2,1H3. The molecule has 188 valence electrons. The average molecular weight is 491 g/mol. The quantitative estimate of drug-likeness (QED) is 0.599. The molecule has 2 aliphatic heterocycles. The minimum absolute atomic E-state index is 0.0270. The second-order valence-electron chi connectivity index (χ2n) is 8.95. The molecule has 0 saturated carbocycles. The smallest absolute Gasteiger partial charge is 0.406 e. The van der Waals surface area contributed by atoms with Crippen molar-refractivity contribution in [3.05, 3.63) is 54.4 Å². The predicted molar refractivity (Wildman–Crippen MR) is 124 cm³/mol. The average Bonchev–Trinajstić information content (AvgIpc) is 3.15. The van der Waals surface area contributed by atoms with Gasteiger partial charge in [-0.25, -0.2) is 4.79 Å². The fourth-order valence-corrected chi connectivity index (χ4v) is 4.87. The van der Waals surface area contributed by atoms with E-state index in [1.807, 2.05) is 30.0 Å². The number of nitrogens with zero attached hydrogens (tertiary/aromatic N) is 4. The van der Waals surface area contributed by atoms with Gasteiger partial charge in [0, 0.05) is 56.7 Å². The van der Waals surface area contributed by atoms with Crippen LogP contribution in [0.5, 0.6) is 5.75 Å². The van der Waals surface area contributed by atoms with Gasteiger partial charge in [-0.05, 0) is 62.6 Å². The van der Waals surface area contributed by atoms with E-state index in [0.29, 0.717) is 64.1 Å². The van der Waals surface area contributed by atoms with Gasteiger partial charge in [0.1, 0.15) is 5.75 Å². The van der Waals surface area contributed by atoms with E-state index in [4.69, 9.17) is 0 Å². The number of halogens is 3. The molecule has 0 atom stereocenters. The fourth-order valence-electron chi connectivity index (χ4n) is 4.87.